The van der Waals surface area contributed by atoms with Crippen LogP contribution >= 0.6 is 0 Å². The molecular formula is C27H25F2N3O3S. The number of carbonyl (C=O) groups is 1. The predicted octanol–water partition coefficient (Wildman–Crippen LogP) is 4.56. The highest BCUT2D eigenvalue weighted by atomic mass is 32.2. The van der Waals surface area contributed by atoms with E-state index < -0.39 is 40.2 Å². The van der Waals surface area contributed by atoms with Gasteiger partial charge in [-0.1, -0.05) is 43.3 Å². The number of hydrogen-bond acceptors (Lipinski definition) is 3. The fourth-order valence-electron chi connectivity index (χ4n) is 4.79. The number of nitrogens with zero attached hydrogens (tertiary/aromatic N) is 3. The van der Waals surface area contributed by atoms with Gasteiger partial charge in [-0.2, -0.15) is 4.31 Å². The largest absolute Gasteiger partial charge is 0.348 e. The second kappa shape index (κ2) is 9.48. The van der Waals surface area contributed by atoms with Crippen LogP contribution in [0.15, 0.2) is 83.9 Å². The maximum atomic E-state index is 14.8. The maximum Gasteiger partial charge on any atom is 0.243 e. The Morgan fingerprint density at radius 3 is 2.50 bits per heavy atom. The highest BCUT2D eigenvalue weighted by Crippen LogP contribution is 2.34. The van der Waals surface area contributed by atoms with E-state index in [1.54, 1.807) is 31.2 Å². The van der Waals surface area contributed by atoms with Crippen molar-refractivity contribution in [2.45, 2.75) is 24.4 Å². The van der Waals surface area contributed by atoms with Gasteiger partial charge in [0.05, 0.1) is 11.4 Å². The van der Waals surface area contributed by atoms with Crippen LogP contribution < -0.4 is 0 Å². The topological polar surface area (TPSA) is 62.6 Å². The van der Waals surface area contributed by atoms with E-state index in [2.05, 4.69) is 0 Å². The summed E-state index contributed by atoms with van der Waals surface area (Å²) in [4.78, 5) is 15.1. The first kappa shape index (κ1) is 24.1. The minimum Gasteiger partial charge on any atom is -0.348 e. The van der Waals surface area contributed by atoms with Gasteiger partial charge >= 0.3 is 0 Å². The van der Waals surface area contributed by atoms with Crippen LogP contribution in [0.4, 0.5) is 8.78 Å². The number of carbonyl (C=O) groups excluding carboxylic acids is 1. The predicted molar refractivity (Wildman–Crippen MR) is 133 cm³/mol. The summed E-state index contributed by atoms with van der Waals surface area (Å²) in [5, 5.41) is 1.70. The first-order valence-electron chi connectivity index (χ1n) is 11.7. The van der Waals surface area contributed by atoms with Crippen molar-refractivity contribution in [2.75, 3.05) is 19.6 Å². The van der Waals surface area contributed by atoms with E-state index in [0.717, 1.165) is 27.2 Å². The van der Waals surface area contributed by atoms with Gasteiger partial charge in [0.2, 0.25) is 15.9 Å². The van der Waals surface area contributed by atoms with Crippen molar-refractivity contribution in [1.82, 2.24) is 13.8 Å². The third-order valence-electron chi connectivity index (χ3n) is 6.64. The molecule has 0 bridgehead atoms. The molecule has 0 aliphatic carbocycles. The van der Waals surface area contributed by atoms with E-state index in [1.165, 1.54) is 17.0 Å². The lowest BCUT2D eigenvalue weighted by Gasteiger charge is -2.38. The fraction of sp³-hybridized carbons (Fsp3) is 0.222. The van der Waals surface area contributed by atoms with E-state index in [4.69, 9.17) is 0 Å². The van der Waals surface area contributed by atoms with Gasteiger partial charge in [0.15, 0.2) is 0 Å². The molecule has 0 spiro atoms. The molecule has 0 saturated carbocycles. The van der Waals surface area contributed by atoms with Gasteiger partial charge < -0.3 is 9.47 Å². The minimum absolute atomic E-state index is 0.0840. The lowest BCUT2D eigenvalue weighted by Crippen LogP contribution is -2.48. The van der Waals surface area contributed by atoms with Gasteiger partial charge in [-0.05, 0) is 41.1 Å². The zero-order valence-electron chi connectivity index (χ0n) is 19.6. The van der Waals surface area contributed by atoms with Gasteiger partial charge in [0, 0.05) is 43.2 Å². The van der Waals surface area contributed by atoms with Crippen molar-refractivity contribution in [2.24, 2.45) is 0 Å². The Morgan fingerprint density at radius 2 is 1.75 bits per heavy atom. The number of likely N-dealkylation sites (N-methyl/N-ethyl adjacent to an activating group) is 1. The van der Waals surface area contributed by atoms with Crippen molar-refractivity contribution in [3.63, 3.8) is 0 Å². The molecular weight excluding hydrogens is 484 g/mol. The monoisotopic (exact) mass is 509 g/mol. The molecule has 186 valence electrons. The molecule has 3 aromatic carbocycles. The Morgan fingerprint density at radius 1 is 0.972 bits per heavy atom. The van der Waals surface area contributed by atoms with Crippen LogP contribution in [0.1, 0.15) is 24.2 Å². The average molecular weight is 510 g/mol. The quantitative estimate of drug-likeness (QED) is 0.383. The zero-order chi connectivity index (χ0) is 25.4. The molecule has 6 nitrogen and oxygen atoms in total. The lowest BCUT2D eigenvalue weighted by atomic mass is 9.99. The van der Waals surface area contributed by atoms with Crippen LogP contribution in [0.3, 0.4) is 0 Å². The van der Waals surface area contributed by atoms with Crippen molar-refractivity contribution in [1.29, 1.82) is 0 Å². The van der Waals surface area contributed by atoms with Crippen LogP contribution in [0.25, 0.3) is 10.8 Å². The Labute approximate surface area is 208 Å². The SMILES string of the molecule is CCN(CC(=O)N1CCn2cccc2C1c1ccc(F)cc1F)S(=O)(=O)c1ccc2ccccc2c1. The Bertz CT molecular complexity index is 1550. The van der Waals surface area contributed by atoms with Crippen LogP contribution in [0.2, 0.25) is 0 Å². The molecule has 36 heavy (non-hydrogen) atoms. The summed E-state index contributed by atoms with van der Waals surface area (Å²) in [7, 11) is -3.96. The Kier molecular flexibility index (Phi) is 6.36. The van der Waals surface area contributed by atoms with Crippen LogP contribution in [0, 0.1) is 11.6 Å². The van der Waals surface area contributed by atoms with Crippen molar-refractivity contribution < 1.29 is 22.0 Å². The summed E-state index contributed by atoms with van der Waals surface area (Å²) < 4.78 is 58.5. The minimum atomic E-state index is -3.96. The standard InChI is InChI=1S/C27H25F2N3O3S/c1-2-31(36(34,35)22-11-9-19-6-3-4-7-20(19)16-22)18-26(33)32-15-14-30-13-5-8-25(30)27(32)23-12-10-21(28)17-24(23)29/h3-13,16-17,27H,2,14-15,18H2,1H3. The van der Waals surface area contributed by atoms with Crippen LogP contribution in [-0.4, -0.2) is 47.7 Å². The van der Waals surface area contributed by atoms with E-state index in [0.29, 0.717) is 12.2 Å². The number of rotatable bonds is 6. The van der Waals surface area contributed by atoms with Gasteiger partial charge in [-0.25, -0.2) is 17.2 Å². The second-order valence-corrected chi connectivity index (χ2v) is 10.7. The number of hydrogen-bond donors (Lipinski definition) is 0. The number of amides is 1. The second-order valence-electron chi connectivity index (χ2n) is 8.72. The Hall–Kier alpha value is -3.56. The molecule has 0 N–H and O–H groups in total. The number of benzene rings is 3. The van der Waals surface area contributed by atoms with E-state index in [1.807, 2.05) is 35.0 Å². The van der Waals surface area contributed by atoms with E-state index in [-0.39, 0.29) is 23.5 Å². The smallest absolute Gasteiger partial charge is 0.243 e. The van der Waals surface area contributed by atoms with E-state index >= 15 is 0 Å². The number of sulfonamides is 1. The molecule has 1 amide bonds. The average Bonchev–Trinajstić information content (AvgIpc) is 3.35. The molecule has 2 heterocycles. The first-order valence-corrected chi connectivity index (χ1v) is 13.1. The summed E-state index contributed by atoms with van der Waals surface area (Å²) in [6, 6.07) is 18.4. The number of fused-ring (bicyclic) bond motifs is 2. The molecule has 1 aliphatic heterocycles. The molecule has 0 saturated heterocycles. The van der Waals surface area contributed by atoms with Gasteiger partial charge in [-0.15, -0.1) is 0 Å². The maximum absolute atomic E-state index is 14.8. The first-order chi connectivity index (χ1) is 17.3. The van der Waals surface area contributed by atoms with Gasteiger partial charge in [-0.3, -0.25) is 4.79 Å². The fourth-order valence-corrected chi connectivity index (χ4v) is 6.22. The molecule has 1 unspecified atom stereocenters. The third kappa shape index (κ3) is 4.29. The zero-order valence-corrected chi connectivity index (χ0v) is 20.5. The van der Waals surface area contributed by atoms with Crippen molar-refractivity contribution >= 4 is 26.7 Å². The number of halogens is 2. The number of aromatic nitrogens is 1. The molecule has 1 aromatic heterocycles. The molecule has 0 radical (unpaired) electrons. The molecule has 9 heteroatoms. The summed E-state index contributed by atoms with van der Waals surface area (Å²) in [5.74, 6) is -1.93. The summed E-state index contributed by atoms with van der Waals surface area (Å²) in [6.45, 7) is 2.10. The highest BCUT2D eigenvalue weighted by molar-refractivity contribution is 7.89. The van der Waals surface area contributed by atoms with Crippen LogP contribution in [0.5, 0.6) is 0 Å². The van der Waals surface area contributed by atoms with Crippen molar-refractivity contribution in [3.05, 3.63) is 102 Å². The molecule has 4 aromatic rings. The third-order valence-corrected chi connectivity index (χ3v) is 8.56. The highest BCUT2D eigenvalue weighted by Gasteiger charge is 2.36. The molecule has 1 atom stereocenters. The molecule has 5 rings (SSSR count). The van der Waals surface area contributed by atoms with Gasteiger partial charge in [0.1, 0.15) is 17.7 Å². The van der Waals surface area contributed by atoms with E-state index in [9.17, 15) is 22.0 Å². The molecule has 0 fully saturated rings. The van der Waals surface area contributed by atoms with Gasteiger partial charge in [0.25, 0.3) is 0 Å². The summed E-state index contributed by atoms with van der Waals surface area (Å²) in [5.41, 5.74) is 0.838. The molecule has 1 aliphatic rings. The summed E-state index contributed by atoms with van der Waals surface area (Å²) >= 11 is 0. The summed E-state index contributed by atoms with van der Waals surface area (Å²) in [6.07, 6.45) is 1.84. The van der Waals surface area contributed by atoms with Crippen molar-refractivity contribution in [3.8, 4) is 0 Å². The Balaban J connectivity index is 1.47. The lowest BCUT2D eigenvalue weighted by molar-refractivity contribution is -0.134. The van der Waals surface area contributed by atoms with Crippen LogP contribution in [-0.2, 0) is 21.4 Å². The normalized spacial score (nSPS) is 15.9.